The zero-order valence-corrected chi connectivity index (χ0v) is 15.2. The van der Waals surface area contributed by atoms with Gasteiger partial charge < -0.3 is 15.2 Å². The van der Waals surface area contributed by atoms with Crippen molar-refractivity contribution in [3.05, 3.63) is 77.6 Å². The second-order valence-electron chi connectivity index (χ2n) is 6.22. The molecule has 2 heterocycles. The van der Waals surface area contributed by atoms with Gasteiger partial charge in [0, 0.05) is 24.4 Å². The molecule has 0 bridgehead atoms. The first-order valence-electron chi connectivity index (χ1n) is 8.67. The monoisotopic (exact) mass is 382 g/mol. The molecule has 3 aromatic rings. The normalized spacial score (nSPS) is 11.6. The minimum Gasteiger partial charge on any atom is -0.360 e. The van der Waals surface area contributed by atoms with E-state index in [0.29, 0.717) is 17.7 Å². The molecule has 8 heteroatoms. The zero-order chi connectivity index (χ0) is 19.9. The van der Waals surface area contributed by atoms with E-state index in [1.54, 1.807) is 37.4 Å². The number of nitrogens with one attached hydrogen (secondary N) is 2. The number of carbonyl (C=O) groups excluding carboxylic acids is 2. The molecule has 1 unspecified atom stereocenters. The standard InChI is InChI=1S/C20H19FN4O3/c1-13-10-18(25-28-13)24-19(26)12-23-20(27)17(11-16-4-2-3-9-22-16)14-5-7-15(21)8-6-14/h2-10,17H,11-12H2,1H3,(H,23,27)(H,24,25,26). The third kappa shape index (κ3) is 5.23. The highest BCUT2D eigenvalue weighted by molar-refractivity contribution is 5.95. The van der Waals surface area contributed by atoms with Crippen LogP contribution in [0.3, 0.4) is 0 Å². The van der Waals surface area contributed by atoms with E-state index in [4.69, 9.17) is 4.52 Å². The van der Waals surface area contributed by atoms with Crippen molar-refractivity contribution >= 4 is 17.6 Å². The molecule has 0 aliphatic rings. The summed E-state index contributed by atoms with van der Waals surface area (Å²) >= 11 is 0. The molecular formula is C20H19FN4O3. The maximum atomic E-state index is 13.3. The van der Waals surface area contributed by atoms with Crippen LogP contribution in [0, 0.1) is 12.7 Å². The summed E-state index contributed by atoms with van der Waals surface area (Å²) in [5.41, 5.74) is 1.35. The van der Waals surface area contributed by atoms with Crippen LogP contribution in [0.2, 0.25) is 0 Å². The van der Waals surface area contributed by atoms with E-state index in [0.717, 1.165) is 5.69 Å². The van der Waals surface area contributed by atoms with Crippen molar-refractivity contribution in [2.24, 2.45) is 0 Å². The molecule has 2 N–H and O–H groups in total. The quantitative estimate of drug-likeness (QED) is 0.655. The summed E-state index contributed by atoms with van der Waals surface area (Å²) in [5, 5.41) is 8.81. The van der Waals surface area contributed by atoms with Gasteiger partial charge >= 0.3 is 0 Å². The van der Waals surface area contributed by atoms with Crippen molar-refractivity contribution < 1.29 is 18.5 Å². The highest BCUT2D eigenvalue weighted by atomic mass is 19.1. The predicted octanol–water partition coefficient (Wildman–Crippen LogP) is 2.60. The maximum absolute atomic E-state index is 13.3. The number of nitrogens with zero attached hydrogens (tertiary/aromatic N) is 2. The van der Waals surface area contributed by atoms with Gasteiger partial charge in [-0.2, -0.15) is 0 Å². The highest BCUT2D eigenvalue weighted by Gasteiger charge is 2.22. The Morgan fingerprint density at radius 2 is 1.96 bits per heavy atom. The number of halogens is 1. The van der Waals surface area contributed by atoms with Crippen LogP contribution in [0.25, 0.3) is 0 Å². The average Bonchev–Trinajstić information content (AvgIpc) is 3.10. The number of pyridine rings is 1. The molecule has 1 atom stereocenters. The Labute approximate surface area is 161 Å². The summed E-state index contributed by atoms with van der Waals surface area (Å²) < 4.78 is 18.1. The molecule has 2 amide bonds. The summed E-state index contributed by atoms with van der Waals surface area (Å²) in [4.78, 5) is 29.0. The second kappa shape index (κ2) is 8.90. The lowest BCUT2D eigenvalue weighted by atomic mass is 9.93. The lowest BCUT2D eigenvalue weighted by Gasteiger charge is -2.17. The topological polar surface area (TPSA) is 97.1 Å². The predicted molar refractivity (Wildman–Crippen MR) is 100.0 cm³/mol. The van der Waals surface area contributed by atoms with Gasteiger partial charge in [0.25, 0.3) is 0 Å². The first-order chi connectivity index (χ1) is 13.5. The molecule has 0 saturated carbocycles. The number of carbonyl (C=O) groups is 2. The van der Waals surface area contributed by atoms with Crippen molar-refractivity contribution in [1.29, 1.82) is 0 Å². The zero-order valence-electron chi connectivity index (χ0n) is 15.2. The number of aryl methyl sites for hydroxylation is 1. The summed E-state index contributed by atoms with van der Waals surface area (Å²) in [7, 11) is 0. The van der Waals surface area contributed by atoms with Crippen LogP contribution in [0.5, 0.6) is 0 Å². The minimum atomic E-state index is -0.613. The summed E-state index contributed by atoms with van der Waals surface area (Å²) in [5.74, 6) is -0.951. The number of amides is 2. The Kier molecular flexibility index (Phi) is 6.11. The van der Waals surface area contributed by atoms with Gasteiger partial charge in [-0.05, 0) is 36.8 Å². The van der Waals surface area contributed by atoms with E-state index < -0.39 is 11.8 Å². The van der Waals surface area contributed by atoms with E-state index >= 15 is 0 Å². The molecule has 0 spiro atoms. The SMILES string of the molecule is Cc1cc(NC(=O)CNC(=O)C(Cc2ccccn2)c2ccc(F)cc2)no1. The van der Waals surface area contributed by atoms with E-state index in [-0.39, 0.29) is 24.1 Å². The van der Waals surface area contributed by atoms with Gasteiger partial charge in [0.2, 0.25) is 11.8 Å². The summed E-state index contributed by atoms with van der Waals surface area (Å²) in [6, 6.07) is 12.7. The van der Waals surface area contributed by atoms with Gasteiger partial charge in [-0.1, -0.05) is 23.4 Å². The lowest BCUT2D eigenvalue weighted by Crippen LogP contribution is -2.36. The third-order valence-corrected chi connectivity index (χ3v) is 4.05. The van der Waals surface area contributed by atoms with Crippen molar-refractivity contribution in [1.82, 2.24) is 15.5 Å². The highest BCUT2D eigenvalue weighted by Crippen LogP contribution is 2.21. The fourth-order valence-electron chi connectivity index (χ4n) is 2.69. The summed E-state index contributed by atoms with van der Waals surface area (Å²) in [6.45, 7) is 1.47. The molecule has 0 fully saturated rings. The molecule has 28 heavy (non-hydrogen) atoms. The van der Waals surface area contributed by atoms with Crippen LogP contribution in [0.1, 0.15) is 22.9 Å². The van der Waals surface area contributed by atoms with Gasteiger partial charge in [0.15, 0.2) is 5.82 Å². The Bertz CT molecular complexity index is 942. The third-order valence-electron chi connectivity index (χ3n) is 4.05. The molecule has 0 aliphatic carbocycles. The number of hydrogen-bond acceptors (Lipinski definition) is 5. The van der Waals surface area contributed by atoms with Gasteiger partial charge in [0.05, 0.1) is 12.5 Å². The molecule has 1 aromatic carbocycles. The van der Waals surface area contributed by atoms with E-state index in [1.165, 1.54) is 12.1 Å². The Hall–Kier alpha value is -3.55. The van der Waals surface area contributed by atoms with Crippen molar-refractivity contribution in [2.45, 2.75) is 19.3 Å². The molecule has 0 saturated heterocycles. The molecule has 144 valence electrons. The number of rotatable bonds is 7. The van der Waals surface area contributed by atoms with Gasteiger partial charge in [-0.3, -0.25) is 14.6 Å². The van der Waals surface area contributed by atoms with Crippen LogP contribution in [-0.4, -0.2) is 28.5 Å². The van der Waals surface area contributed by atoms with Crippen molar-refractivity contribution in [2.75, 3.05) is 11.9 Å². The fraction of sp³-hybridized carbons (Fsp3) is 0.200. The molecule has 0 radical (unpaired) electrons. The number of benzene rings is 1. The Balaban J connectivity index is 1.67. The van der Waals surface area contributed by atoms with Crippen LogP contribution in [0.15, 0.2) is 59.3 Å². The molecule has 7 nitrogen and oxygen atoms in total. The molecule has 3 rings (SSSR count). The minimum absolute atomic E-state index is 0.231. The Morgan fingerprint density at radius 3 is 2.61 bits per heavy atom. The van der Waals surface area contributed by atoms with Crippen LogP contribution < -0.4 is 10.6 Å². The number of hydrogen-bond donors (Lipinski definition) is 2. The van der Waals surface area contributed by atoms with Crippen LogP contribution in [-0.2, 0) is 16.0 Å². The number of anilines is 1. The van der Waals surface area contributed by atoms with Crippen LogP contribution in [0.4, 0.5) is 10.2 Å². The fourth-order valence-corrected chi connectivity index (χ4v) is 2.69. The smallest absolute Gasteiger partial charge is 0.245 e. The average molecular weight is 382 g/mol. The second-order valence-corrected chi connectivity index (χ2v) is 6.22. The van der Waals surface area contributed by atoms with Crippen molar-refractivity contribution in [3.8, 4) is 0 Å². The van der Waals surface area contributed by atoms with E-state index in [2.05, 4.69) is 20.8 Å². The van der Waals surface area contributed by atoms with E-state index in [1.807, 2.05) is 12.1 Å². The van der Waals surface area contributed by atoms with Crippen LogP contribution >= 0.6 is 0 Å². The van der Waals surface area contributed by atoms with Gasteiger partial charge in [-0.15, -0.1) is 0 Å². The van der Waals surface area contributed by atoms with Gasteiger partial charge in [0.1, 0.15) is 11.6 Å². The Morgan fingerprint density at radius 1 is 1.18 bits per heavy atom. The lowest BCUT2D eigenvalue weighted by molar-refractivity contribution is -0.125. The summed E-state index contributed by atoms with van der Waals surface area (Å²) in [6.07, 6.45) is 1.96. The number of aromatic nitrogens is 2. The first kappa shape index (κ1) is 19.2. The molecule has 2 aromatic heterocycles. The van der Waals surface area contributed by atoms with Gasteiger partial charge in [-0.25, -0.2) is 4.39 Å². The molecule has 0 aliphatic heterocycles. The van der Waals surface area contributed by atoms with E-state index in [9.17, 15) is 14.0 Å². The maximum Gasteiger partial charge on any atom is 0.245 e. The largest absolute Gasteiger partial charge is 0.360 e. The molecular weight excluding hydrogens is 363 g/mol. The van der Waals surface area contributed by atoms with Crippen molar-refractivity contribution in [3.63, 3.8) is 0 Å². The first-order valence-corrected chi connectivity index (χ1v) is 8.67.